The van der Waals surface area contributed by atoms with Gasteiger partial charge in [0.05, 0.1) is 30.7 Å². The van der Waals surface area contributed by atoms with Crippen molar-refractivity contribution in [3.63, 3.8) is 0 Å². The Balaban J connectivity index is 2.10. The van der Waals surface area contributed by atoms with Crippen LogP contribution >= 0.6 is 0 Å². The number of hydrogen-bond donors (Lipinski definition) is 3. The molecule has 0 saturated carbocycles. The van der Waals surface area contributed by atoms with Crippen LogP contribution in [0.5, 0.6) is 0 Å². The highest BCUT2D eigenvalue weighted by Crippen LogP contribution is 2.15. The van der Waals surface area contributed by atoms with Gasteiger partial charge in [-0.3, -0.25) is 0 Å². The fourth-order valence-electron chi connectivity index (χ4n) is 1.55. The molecule has 7 heteroatoms. The van der Waals surface area contributed by atoms with Crippen molar-refractivity contribution in [2.24, 2.45) is 0 Å². The van der Waals surface area contributed by atoms with Gasteiger partial charge in [0.1, 0.15) is 5.82 Å². The Hall–Kier alpha value is -1.86. The first kappa shape index (κ1) is 11.6. The summed E-state index contributed by atoms with van der Waals surface area (Å²) in [6.07, 6.45) is 1.34. The minimum Gasteiger partial charge on any atom is -0.478 e. The van der Waals surface area contributed by atoms with E-state index in [0.29, 0.717) is 19.0 Å². The smallest absolute Gasteiger partial charge is 0.337 e. The topological polar surface area (TPSA) is 101 Å². The van der Waals surface area contributed by atoms with Crippen molar-refractivity contribution in [3.05, 3.63) is 17.8 Å². The lowest BCUT2D eigenvalue weighted by atomic mass is 10.2. The van der Waals surface area contributed by atoms with Crippen LogP contribution in [0.4, 0.5) is 11.5 Å². The monoisotopic (exact) mass is 238 g/mol. The van der Waals surface area contributed by atoms with Gasteiger partial charge in [0, 0.05) is 13.1 Å². The van der Waals surface area contributed by atoms with E-state index >= 15 is 0 Å². The van der Waals surface area contributed by atoms with Gasteiger partial charge < -0.3 is 21.0 Å². The fourth-order valence-corrected chi connectivity index (χ4v) is 1.55. The molecular weight excluding hydrogens is 224 g/mol. The molecule has 1 aliphatic heterocycles. The third kappa shape index (κ3) is 2.83. The van der Waals surface area contributed by atoms with Gasteiger partial charge in [-0.1, -0.05) is 0 Å². The van der Waals surface area contributed by atoms with Crippen LogP contribution in [0.1, 0.15) is 10.4 Å². The summed E-state index contributed by atoms with van der Waals surface area (Å²) in [7, 11) is 0. The maximum absolute atomic E-state index is 10.9. The van der Waals surface area contributed by atoms with Crippen LogP contribution in [0, 0.1) is 0 Å². The Morgan fingerprint density at radius 3 is 2.88 bits per heavy atom. The van der Waals surface area contributed by atoms with E-state index in [0.717, 1.165) is 13.1 Å². The van der Waals surface area contributed by atoms with E-state index in [1.54, 1.807) is 0 Å². The van der Waals surface area contributed by atoms with E-state index in [1.165, 1.54) is 12.3 Å². The Kier molecular flexibility index (Phi) is 3.40. The third-order valence-corrected chi connectivity index (χ3v) is 2.45. The molecular formula is C10H14N4O3. The predicted molar refractivity (Wildman–Crippen MR) is 61.6 cm³/mol. The molecule has 7 nitrogen and oxygen atoms in total. The number of hydrogen-bond acceptors (Lipinski definition) is 6. The van der Waals surface area contributed by atoms with E-state index < -0.39 is 5.97 Å². The molecule has 1 aromatic rings. The van der Waals surface area contributed by atoms with Gasteiger partial charge in [-0.05, 0) is 6.07 Å². The average Bonchev–Trinajstić information content (AvgIpc) is 2.32. The van der Waals surface area contributed by atoms with Crippen molar-refractivity contribution in [2.75, 3.05) is 37.5 Å². The number of nitrogens with one attached hydrogen (secondary N) is 1. The molecule has 1 saturated heterocycles. The molecule has 0 aromatic carbocycles. The van der Waals surface area contributed by atoms with Crippen molar-refractivity contribution >= 4 is 17.5 Å². The Labute approximate surface area is 98.2 Å². The van der Waals surface area contributed by atoms with Crippen molar-refractivity contribution in [2.45, 2.75) is 0 Å². The van der Waals surface area contributed by atoms with E-state index in [-0.39, 0.29) is 11.3 Å². The molecule has 4 N–H and O–H groups in total. The molecule has 17 heavy (non-hydrogen) atoms. The van der Waals surface area contributed by atoms with Crippen LogP contribution in [-0.2, 0) is 4.74 Å². The molecule has 2 rings (SSSR count). The number of aromatic nitrogens is 1. The van der Waals surface area contributed by atoms with Crippen molar-refractivity contribution in [1.82, 2.24) is 9.99 Å². The average molecular weight is 238 g/mol. The number of nitrogens with two attached hydrogens (primary N) is 1. The predicted octanol–water partition coefficient (Wildman–Crippen LogP) is 0.0211. The number of nitrogens with zero attached hydrogens (tertiary/aromatic N) is 2. The highest BCUT2D eigenvalue weighted by Gasteiger charge is 2.13. The second-order valence-corrected chi connectivity index (χ2v) is 3.67. The van der Waals surface area contributed by atoms with E-state index in [4.69, 9.17) is 15.6 Å². The number of carboxylic acid groups (broad SMARTS) is 1. The lowest BCUT2D eigenvalue weighted by molar-refractivity contribution is 0.0494. The molecule has 1 aromatic heterocycles. The highest BCUT2D eigenvalue weighted by molar-refractivity contribution is 5.94. The molecule has 0 bridgehead atoms. The number of carbonyl (C=O) groups is 1. The van der Waals surface area contributed by atoms with Crippen molar-refractivity contribution in [1.29, 1.82) is 0 Å². The van der Waals surface area contributed by atoms with Crippen LogP contribution in [-0.4, -0.2) is 47.4 Å². The van der Waals surface area contributed by atoms with Crippen LogP contribution in [0.25, 0.3) is 0 Å². The van der Waals surface area contributed by atoms with Gasteiger partial charge >= 0.3 is 5.97 Å². The van der Waals surface area contributed by atoms with E-state index in [9.17, 15) is 4.79 Å². The number of anilines is 2. The SMILES string of the molecule is Nc1cnc(NN2CCOCC2)cc1C(=O)O. The molecule has 1 aliphatic rings. The van der Waals surface area contributed by atoms with Crippen LogP contribution in [0.2, 0.25) is 0 Å². The van der Waals surface area contributed by atoms with Gasteiger partial charge in [0.25, 0.3) is 0 Å². The zero-order valence-corrected chi connectivity index (χ0v) is 9.22. The summed E-state index contributed by atoms with van der Waals surface area (Å²) in [4.78, 5) is 14.9. The normalized spacial score (nSPS) is 16.7. The molecule has 0 aliphatic carbocycles. The summed E-state index contributed by atoms with van der Waals surface area (Å²) in [5, 5.41) is 10.9. The zero-order valence-electron chi connectivity index (χ0n) is 9.22. The maximum Gasteiger partial charge on any atom is 0.337 e. The zero-order chi connectivity index (χ0) is 12.3. The van der Waals surface area contributed by atoms with Gasteiger partial charge in [0.15, 0.2) is 0 Å². The summed E-state index contributed by atoms with van der Waals surface area (Å²) in [5.41, 5.74) is 8.75. The molecule has 2 heterocycles. The molecule has 0 amide bonds. The van der Waals surface area contributed by atoms with E-state index in [2.05, 4.69) is 10.4 Å². The molecule has 92 valence electrons. The lowest BCUT2D eigenvalue weighted by Gasteiger charge is -2.27. The fraction of sp³-hybridized carbons (Fsp3) is 0.400. The second-order valence-electron chi connectivity index (χ2n) is 3.67. The number of nitrogen functional groups attached to an aromatic ring is 1. The van der Waals surface area contributed by atoms with Gasteiger partial charge in [0.2, 0.25) is 0 Å². The Bertz CT molecular complexity index is 418. The number of hydrazine groups is 1. The minimum atomic E-state index is -1.06. The van der Waals surface area contributed by atoms with Crippen molar-refractivity contribution in [3.8, 4) is 0 Å². The number of pyridine rings is 1. The van der Waals surface area contributed by atoms with Crippen molar-refractivity contribution < 1.29 is 14.6 Å². The first-order chi connectivity index (χ1) is 8.16. The molecule has 1 fully saturated rings. The van der Waals surface area contributed by atoms with Crippen LogP contribution in [0.15, 0.2) is 12.3 Å². The molecule has 0 radical (unpaired) electrons. The summed E-state index contributed by atoms with van der Waals surface area (Å²) < 4.78 is 5.20. The first-order valence-corrected chi connectivity index (χ1v) is 5.25. The Morgan fingerprint density at radius 1 is 1.53 bits per heavy atom. The third-order valence-electron chi connectivity index (χ3n) is 2.45. The second kappa shape index (κ2) is 4.98. The quantitative estimate of drug-likeness (QED) is 0.682. The lowest BCUT2D eigenvalue weighted by Crippen LogP contribution is -2.40. The van der Waals surface area contributed by atoms with Gasteiger partial charge in [-0.25, -0.2) is 14.8 Å². The minimum absolute atomic E-state index is 0.0516. The van der Waals surface area contributed by atoms with Crippen LogP contribution < -0.4 is 11.2 Å². The number of rotatable bonds is 3. The van der Waals surface area contributed by atoms with Crippen LogP contribution in [0.3, 0.4) is 0 Å². The molecule has 0 unspecified atom stereocenters. The van der Waals surface area contributed by atoms with E-state index in [1.807, 2.05) is 5.01 Å². The standard InChI is InChI=1S/C10H14N4O3/c11-8-6-12-9(5-7(8)10(15)16)13-14-1-3-17-4-2-14/h5-6H,1-4,11H2,(H,12,13)(H,15,16). The maximum atomic E-state index is 10.9. The largest absolute Gasteiger partial charge is 0.478 e. The van der Waals surface area contributed by atoms with Gasteiger partial charge in [-0.15, -0.1) is 0 Å². The number of aromatic carboxylic acids is 1. The van der Waals surface area contributed by atoms with Gasteiger partial charge in [-0.2, -0.15) is 0 Å². The summed E-state index contributed by atoms with van der Waals surface area (Å²) >= 11 is 0. The number of ether oxygens (including phenoxy) is 1. The summed E-state index contributed by atoms with van der Waals surface area (Å²) in [5.74, 6) is -0.589. The first-order valence-electron chi connectivity index (χ1n) is 5.25. The number of morpholine rings is 1. The summed E-state index contributed by atoms with van der Waals surface area (Å²) in [6.45, 7) is 2.75. The Morgan fingerprint density at radius 2 is 2.24 bits per heavy atom. The molecule has 0 spiro atoms. The summed E-state index contributed by atoms with van der Waals surface area (Å²) in [6, 6.07) is 1.42. The molecule has 0 atom stereocenters. The highest BCUT2D eigenvalue weighted by atomic mass is 16.5. The number of carboxylic acids is 1.